The average Bonchev–Trinajstić information content (AvgIpc) is 3.49. The number of aromatic nitrogens is 6. The van der Waals surface area contributed by atoms with Gasteiger partial charge in [0.15, 0.2) is 5.82 Å². The summed E-state index contributed by atoms with van der Waals surface area (Å²) in [6.07, 6.45) is 5.63. The fourth-order valence-corrected chi connectivity index (χ4v) is 4.06. The standard InChI is InChI=1S/C22H23N7O3/c30-18-13-16(24-21-26-19(28-29(18)21)15-7-3-1-4-8-15)14-32-22(10-5-2-6-11-22)20(31)25-17-9-12-23-27-17/h1,3-4,7-9,12-13H,2,5-6,10-11,14H2,(H,24,26,28)(H2,23,25,27,31). The van der Waals surface area contributed by atoms with E-state index >= 15 is 0 Å². The van der Waals surface area contributed by atoms with Crippen LogP contribution in [-0.4, -0.2) is 41.3 Å². The molecule has 0 atom stereocenters. The third kappa shape index (κ3) is 3.92. The first-order chi connectivity index (χ1) is 15.6. The molecule has 10 heteroatoms. The first-order valence-electron chi connectivity index (χ1n) is 10.6. The summed E-state index contributed by atoms with van der Waals surface area (Å²) in [6.45, 7) is 0.0374. The van der Waals surface area contributed by atoms with Gasteiger partial charge in [-0.05, 0) is 12.8 Å². The summed E-state index contributed by atoms with van der Waals surface area (Å²) in [7, 11) is 0. The van der Waals surface area contributed by atoms with Crippen molar-refractivity contribution in [3.8, 4) is 11.4 Å². The third-order valence-electron chi connectivity index (χ3n) is 5.75. The van der Waals surface area contributed by atoms with Crippen molar-refractivity contribution < 1.29 is 9.53 Å². The van der Waals surface area contributed by atoms with E-state index in [4.69, 9.17) is 4.74 Å². The highest BCUT2D eigenvalue weighted by molar-refractivity contribution is 5.96. The van der Waals surface area contributed by atoms with Gasteiger partial charge in [0.25, 0.3) is 17.2 Å². The van der Waals surface area contributed by atoms with Gasteiger partial charge in [0.2, 0.25) is 0 Å². The van der Waals surface area contributed by atoms with Gasteiger partial charge in [-0.1, -0.05) is 49.6 Å². The van der Waals surface area contributed by atoms with Crippen LogP contribution in [0, 0.1) is 0 Å². The first kappa shape index (κ1) is 20.1. The zero-order chi connectivity index (χ0) is 22.0. The predicted octanol–water partition coefficient (Wildman–Crippen LogP) is 2.67. The number of aromatic amines is 2. The summed E-state index contributed by atoms with van der Waals surface area (Å²) in [6, 6.07) is 12.6. The number of rotatable bonds is 6. The van der Waals surface area contributed by atoms with Gasteiger partial charge in [0, 0.05) is 17.7 Å². The quantitative estimate of drug-likeness (QED) is 0.429. The Morgan fingerprint density at radius 2 is 1.94 bits per heavy atom. The van der Waals surface area contributed by atoms with Crippen molar-refractivity contribution in [1.82, 2.24) is 29.8 Å². The van der Waals surface area contributed by atoms with Crippen LogP contribution in [0.15, 0.2) is 53.5 Å². The fraction of sp³-hybridized carbons (Fsp3) is 0.318. The Kier molecular flexibility index (Phi) is 5.28. The van der Waals surface area contributed by atoms with E-state index < -0.39 is 5.60 Å². The van der Waals surface area contributed by atoms with Crippen molar-refractivity contribution in [3.63, 3.8) is 0 Å². The highest BCUT2D eigenvalue weighted by atomic mass is 16.5. The number of fused-ring (bicyclic) bond motifs is 1. The van der Waals surface area contributed by atoms with E-state index in [0.717, 1.165) is 24.8 Å². The van der Waals surface area contributed by atoms with Crippen LogP contribution in [0.4, 0.5) is 5.82 Å². The lowest BCUT2D eigenvalue weighted by atomic mass is 9.83. The molecule has 1 aromatic carbocycles. The van der Waals surface area contributed by atoms with Crippen LogP contribution >= 0.6 is 0 Å². The van der Waals surface area contributed by atoms with Crippen molar-refractivity contribution in [2.24, 2.45) is 0 Å². The third-order valence-corrected chi connectivity index (χ3v) is 5.75. The fourth-order valence-electron chi connectivity index (χ4n) is 4.06. The highest BCUT2D eigenvalue weighted by Gasteiger charge is 2.41. The van der Waals surface area contributed by atoms with Crippen molar-refractivity contribution in [2.75, 3.05) is 5.32 Å². The largest absolute Gasteiger partial charge is 0.359 e. The SMILES string of the molecule is O=C(Nc1ccn[nH]1)C1(OCc2cc(=O)n3[nH]c(-c4ccccc4)nc3n2)CCCCC1. The van der Waals surface area contributed by atoms with Crippen molar-refractivity contribution >= 4 is 17.5 Å². The van der Waals surface area contributed by atoms with Gasteiger partial charge < -0.3 is 10.1 Å². The number of nitrogens with one attached hydrogen (secondary N) is 3. The molecule has 1 amide bonds. The minimum Gasteiger partial charge on any atom is -0.359 e. The van der Waals surface area contributed by atoms with E-state index in [2.05, 4.69) is 30.6 Å². The van der Waals surface area contributed by atoms with Crippen LogP contribution in [0.25, 0.3) is 17.2 Å². The number of hydrogen-bond donors (Lipinski definition) is 3. The number of carbonyl (C=O) groups excluding carboxylic acids is 1. The maximum absolute atomic E-state index is 13.1. The van der Waals surface area contributed by atoms with Gasteiger partial charge in [-0.2, -0.15) is 14.6 Å². The molecule has 3 aromatic heterocycles. The van der Waals surface area contributed by atoms with E-state index in [1.807, 2.05) is 30.3 Å². The molecule has 0 bridgehead atoms. The average molecular weight is 433 g/mol. The summed E-state index contributed by atoms with van der Waals surface area (Å²) in [5.74, 6) is 1.11. The number of carbonyl (C=O) groups is 1. The second-order valence-electron chi connectivity index (χ2n) is 7.93. The lowest BCUT2D eigenvalue weighted by Gasteiger charge is -2.35. The van der Waals surface area contributed by atoms with E-state index in [0.29, 0.717) is 30.2 Å². The number of benzene rings is 1. The smallest absolute Gasteiger partial charge is 0.274 e. The van der Waals surface area contributed by atoms with Crippen LogP contribution in [0.1, 0.15) is 37.8 Å². The summed E-state index contributed by atoms with van der Waals surface area (Å²) < 4.78 is 7.47. The molecule has 4 aromatic rings. The van der Waals surface area contributed by atoms with E-state index in [-0.39, 0.29) is 23.9 Å². The predicted molar refractivity (Wildman–Crippen MR) is 117 cm³/mol. The number of ether oxygens (including phenoxy) is 1. The molecular formula is C22H23N7O3. The van der Waals surface area contributed by atoms with E-state index in [1.165, 1.54) is 10.6 Å². The number of anilines is 1. The molecule has 1 saturated carbocycles. The van der Waals surface area contributed by atoms with Gasteiger partial charge >= 0.3 is 0 Å². The molecule has 3 N–H and O–H groups in total. The topological polar surface area (TPSA) is 130 Å². The van der Waals surface area contributed by atoms with Gasteiger partial charge in [0.05, 0.1) is 18.5 Å². The molecule has 1 aliphatic carbocycles. The molecule has 1 aliphatic rings. The summed E-state index contributed by atoms with van der Waals surface area (Å²) in [4.78, 5) is 34.6. The van der Waals surface area contributed by atoms with Crippen molar-refractivity contribution in [1.29, 1.82) is 0 Å². The van der Waals surface area contributed by atoms with Crippen LogP contribution < -0.4 is 10.9 Å². The van der Waals surface area contributed by atoms with Crippen molar-refractivity contribution in [2.45, 2.75) is 44.3 Å². The van der Waals surface area contributed by atoms with E-state index in [9.17, 15) is 9.59 Å². The minimum atomic E-state index is -0.975. The number of amides is 1. The monoisotopic (exact) mass is 433 g/mol. The second-order valence-corrected chi connectivity index (χ2v) is 7.93. The Bertz CT molecular complexity index is 1270. The van der Waals surface area contributed by atoms with Crippen LogP contribution in [-0.2, 0) is 16.1 Å². The van der Waals surface area contributed by atoms with Gasteiger partial charge in [-0.3, -0.25) is 19.8 Å². The Labute approximate surface area is 183 Å². The molecule has 1 fully saturated rings. The molecule has 0 radical (unpaired) electrons. The number of nitrogens with zero attached hydrogens (tertiary/aromatic N) is 4. The van der Waals surface area contributed by atoms with Crippen molar-refractivity contribution in [3.05, 3.63) is 64.7 Å². The first-order valence-corrected chi connectivity index (χ1v) is 10.6. The molecule has 10 nitrogen and oxygen atoms in total. The van der Waals surface area contributed by atoms with Crippen LogP contribution in [0.3, 0.4) is 0 Å². The molecule has 5 rings (SSSR count). The molecule has 0 saturated heterocycles. The molecular weight excluding hydrogens is 410 g/mol. The molecule has 3 heterocycles. The molecule has 32 heavy (non-hydrogen) atoms. The summed E-state index contributed by atoms with van der Waals surface area (Å²) in [5.41, 5.74) is 0.0202. The Hall–Kier alpha value is -3.79. The molecule has 0 unspecified atom stereocenters. The minimum absolute atomic E-state index is 0.0374. The second kappa shape index (κ2) is 8.39. The van der Waals surface area contributed by atoms with Gasteiger partial charge in [-0.25, -0.2) is 4.98 Å². The lowest BCUT2D eigenvalue weighted by Crippen LogP contribution is -2.47. The van der Waals surface area contributed by atoms with Crippen LogP contribution in [0.5, 0.6) is 0 Å². The maximum atomic E-state index is 13.1. The van der Waals surface area contributed by atoms with E-state index in [1.54, 1.807) is 12.3 Å². The number of hydrogen-bond acceptors (Lipinski definition) is 6. The lowest BCUT2D eigenvalue weighted by molar-refractivity contribution is -0.148. The Morgan fingerprint density at radius 1 is 1.12 bits per heavy atom. The Balaban J connectivity index is 1.39. The summed E-state index contributed by atoms with van der Waals surface area (Å²) in [5, 5.41) is 12.4. The normalized spacial score (nSPS) is 15.6. The zero-order valence-corrected chi connectivity index (χ0v) is 17.4. The maximum Gasteiger partial charge on any atom is 0.274 e. The summed E-state index contributed by atoms with van der Waals surface area (Å²) >= 11 is 0. The molecule has 164 valence electrons. The Morgan fingerprint density at radius 3 is 2.69 bits per heavy atom. The van der Waals surface area contributed by atoms with Crippen LogP contribution in [0.2, 0.25) is 0 Å². The highest BCUT2D eigenvalue weighted by Crippen LogP contribution is 2.33. The molecule has 0 aliphatic heterocycles. The zero-order valence-electron chi connectivity index (χ0n) is 17.4. The van der Waals surface area contributed by atoms with Gasteiger partial charge in [0.1, 0.15) is 11.4 Å². The molecule has 0 spiro atoms. The van der Waals surface area contributed by atoms with Gasteiger partial charge in [-0.15, -0.1) is 0 Å². The number of H-pyrrole nitrogens is 2.